The number of thiophene rings is 1. The number of rotatable bonds is 4. The molecular formula is C15H16FNO2S. The highest BCUT2D eigenvalue weighted by Gasteiger charge is 2.15. The largest absolute Gasteiger partial charge is 0.507 e. The zero-order valence-electron chi connectivity index (χ0n) is 11.3. The average molecular weight is 293 g/mol. The van der Waals surface area contributed by atoms with Gasteiger partial charge in [0.05, 0.1) is 5.56 Å². The minimum Gasteiger partial charge on any atom is -0.507 e. The summed E-state index contributed by atoms with van der Waals surface area (Å²) < 4.78 is 12.9. The Balaban J connectivity index is 2.00. The van der Waals surface area contributed by atoms with Gasteiger partial charge in [0.1, 0.15) is 11.6 Å². The fraction of sp³-hybridized carbons (Fsp3) is 0.267. The molecule has 3 nitrogen and oxygen atoms in total. The fourth-order valence-corrected chi connectivity index (χ4v) is 2.97. The summed E-state index contributed by atoms with van der Waals surface area (Å²) in [5.41, 5.74) is 0.0839. The molecule has 1 heterocycles. The molecule has 1 aromatic heterocycles. The van der Waals surface area contributed by atoms with Gasteiger partial charge in [-0.1, -0.05) is 0 Å². The van der Waals surface area contributed by atoms with Crippen LogP contribution < -0.4 is 5.32 Å². The zero-order valence-corrected chi connectivity index (χ0v) is 12.1. The molecule has 20 heavy (non-hydrogen) atoms. The first-order valence-electron chi connectivity index (χ1n) is 6.30. The maximum absolute atomic E-state index is 12.9. The molecule has 0 aliphatic rings. The summed E-state index contributed by atoms with van der Waals surface area (Å²) in [5, 5.41) is 12.4. The van der Waals surface area contributed by atoms with Crippen molar-refractivity contribution in [2.24, 2.45) is 0 Å². The van der Waals surface area contributed by atoms with Crippen molar-refractivity contribution in [1.82, 2.24) is 5.32 Å². The Kier molecular flexibility index (Phi) is 4.39. The molecule has 1 amide bonds. The van der Waals surface area contributed by atoms with Crippen LogP contribution in [-0.4, -0.2) is 17.1 Å². The van der Waals surface area contributed by atoms with E-state index in [9.17, 15) is 14.3 Å². The van der Waals surface area contributed by atoms with Crippen LogP contribution in [-0.2, 0) is 6.42 Å². The number of amides is 1. The van der Waals surface area contributed by atoms with Crippen molar-refractivity contribution < 1.29 is 14.3 Å². The molecule has 0 saturated carbocycles. The summed E-state index contributed by atoms with van der Waals surface area (Å²) in [6, 6.07) is 7.38. The number of benzene rings is 1. The molecule has 0 aliphatic heterocycles. The van der Waals surface area contributed by atoms with Gasteiger partial charge in [0.25, 0.3) is 5.91 Å². The van der Waals surface area contributed by atoms with Crippen LogP contribution in [0.3, 0.4) is 0 Å². The lowest BCUT2D eigenvalue weighted by Crippen LogP contribution is -2.33. The van der Waals surface area contributed by atoms with Crippen LogP contribution >= 0.6 is 11.3 Å². The average Bonchev–Trinajstić information content (AvgIpc) is 2.74. The number of phenolic OH excluding ortho intramolecular Hbond substituents is 1. The second-order valence-electron chi connectivity index (χ2n) is 4.75. The predicted molar refractivity (Wildman–Crippen MR) is 77.8 cm³/mol. The van der Waals surface area contributed by atoms with E-state index in [1.54, 1.807) is 11.3 Å². The summed E-state index contributed by atoms with van der Waals surface area (Å²) in [5.74, 6) is -1.31. The first-order valence-corrected chi connectivity index (χ1v) is 7.12. The number of aromatic hydroxyl groups is 1. The van der Waals surface area contributed by atoms with Gasteiger partial charge in [-0.05, 0) is 38.1 Å². The highest BCUT2D eigenvalue weighted by atomic mass is 32.1. The molecule has 0 aliphatic carbocycles. The van der Waals surface area contributed by atoms with Gasteiger partial charge >= 0.3 is 0 Å². The lowest BCUT2D eigenvalue weighted by Gasteiger charge is -2.13. The van der Waals surface area contributed by atoms with Crippen LogP contribution in [0.4, 0.5) is 4.39 Å². The fourth-order valence-electron chi connectivity index (χ4n) is 1.95. The molecule has 0 radical (unpaired) electrons. The van der Waals surface area contributed by atoms with Gasteiger partial charge in [-0.15, -0.1) is 11.3 Å². The summed E-state index contributed by atoms with van der Waals surface area (Å²) in [7, 11) is 0. The molecule has 2 rings (SSSR count). The number of hydrogen-bond donors (Lipinski definition) is 2. The van der Waals surface area contributed by atoms with Gasteiger partial charge in [0.15, 0.2) is 0 Å². The first kappa shape index (κ1) is 14.5. The highest BCUT2D eigenvalue weighted by molar-refractivity contribution is 7.11. The maximum atomic E-state index is 12.9. The smallest absolute Gasteiger partial charge is 0.255 e. The van der Waals surface area contributed by atoms with E-state index in [0.717, 1.165) is 18.6 Å². The van der Waals surface area contributed by atoms with Crippen LogP contribution in [0.15, 0.2) is 30.3 Å². The Morgan fingerprint density at radius 3 is 2.75 bits per heavy atom. The molecule has 0 fully saturated rings. The summed E-state index contributed by atoms with van der Waals surface area (Å²) in [6.45, 7) is 3.93. The predicted octanol–water partition coefficient (Wildman–Crippen LogP) is 3.26. The number of phenols is 1. The molecule has 1 atom stereocenters. The molecule has 2 N–H and O–H groups in total. The molecule has 106 valence electrons. The molecule has 5 heteroatoms. The number of carbonyl (C=O) groups excluding carboxylic acids is 1. The van der Waals surface area contributed by atoms with Gasteiger partial charge in [-0.2, -0.15) is 0 Å². The van der Waals surface area contributed by atoms with Crippen LogP contribution in [0.1, 0.15) is 27.0 Å². The topological polar surface area (TPSA) is 49.3 Å². The number of hydrogen-bond acceptors (Lipinski definition) is 3. The third-order valence-corrected chi connectivity index (χ3v) is 3.91. The van der Waals surface area contributed by atoms with E-state index in [1.807, 2.05) is 26.0 Å². The quantitative estimate of drug-likeness (QED) is 0.909. The molecule has 0 saturated heterocycles. The van der Waals surface area contributed by atoms with Crippen LogP contribution in [0.5, 0.6) is 5.75 Å². The van der Waals surface area contributed by atoms with Crippen LogP contribution in [0, 0.1) is 12.7 Å². The monoisotopic (exact) mass is 293 g/mol. The Morgan fingerprint density at radius 2 is 2.15 bits per heavy atom. The normalized spacial score (nSPS) is 12.2. The third kappa shape index (κ3) is 3.57. The van der Waals surface area contributed by atoms with Crippen molar-refractivity contribution in [1.29, 1.82) is 0 Å². The standard InChI is InChI=1S/C15H16FNO2S/c1-9(7-12-5-3-10(2)20-12)17-15(19)13-6-4-11(16)8-14(13)18/h3-6,8-9,18H,7H2,1-2H3,(H,17,19). The molecule has 2 aromatic rings. The Hall–Kier alpha value is -1.88. The molecule has 0 spiro atoms. The second-order valence-corrected chi connectivity index (χ2v) is 6.12. The number of halogens is 1. The van der Waals surface area contributed by atoms with E-state index >= 15 is 0 Å². The molecule has 1 aromatic carbocycles. The van der Waals surface area contributed by atoms with Crippen LogP contribution in [0.2, 0.25) is 0 Å². The van der Waals surface area contributed by atoms with Crippen LogP contribution in [0.25, 0.3) is 0 Å². The van der Waals surface area contributed by atoms with Crippen molar-refractivity contribution in [3.05, 3.63) is 51.5 Å². The van der Waals surface area contributed by atoms with Gasteiger partial charge in [-0.3, -0.25) is 4.79 Å². The van der Waals surface area contributed by atoms with Gasteiger partial charge in [0.2, 0.25) is 0 Å². The minimum absolute atomic E-state index is 0.0648. The van der Waals surface area contributed by atoms with Crippen molar-refractivity contribution in [3.63, 3.8) is 0 Å². The van der Waals surface area contributed by atoms with Crippen molar-refractivity contribution in [2.75, 3.05) is 0 Å². The van der Waals surface area contributed by atoms with Crippen molar-refractivity contribution in [3.8, 4) is 5.75 Å². The van der Waals surface area contributed by atoms with E-state index in [2.05, 4.69) is 5.32 Å². The Bertz CT molecular complexity index is 624. The SMILES string of the molecule is Cc1ccc(CC(C)NC(=O)c2ccc(F)cc2O)s1. The minimum atomic E-state index is -0.568. The maximum Gasteiger partial charge on any atom is 0.255 e. The highest BCUT2D eigenvalue weighted by Crippen LogP contribution is 2.19. The van der Waals surface area contributed by atoms with E-state index in [1.165, 1.54) is 15.8 Å². The number of aryl methyl sites for hydroxylation is 1. The first-order chi connectivity index (χ1) is 9.45. The Labute approximate surface area is 121 Å². The van der Waals surface area contributed by atoms with Crippen molar-refractivity contribution in [2.45, 2.75) is 26.3 Å². The molecule has 1 unspecified atom stereocenters. The lowest BCUT2D eigenvalue weighted by atomic mass is 10.1. The van der Waals surface area contributed by atoms with Gasteiger partial charge < -0.3 is 10.4 Å². The summed E-state index contributed by atoms with van der Waals surface area (Å²) in [6.07, 6.45) is 0.728. The molecular weight excluding hydrogens is 277 g/mol. The second kappa shape index (κ2) is 6.05. The summed E-state index contributed by atoms with van der Waals surface area (Å²) in [4.78, 5) is 14.4. The van der Waals surface area contributed by atoms with Gasteiger partial charge in [0, 0.05) is 28.3 Å². The van der Waals surface area contributed by atoms with Crippen molar-refractivity contribution >= 4 is 17.2 Å². The lowest BCUT2D eigenvalue weighted by molar-refractivity contribution is 0.0937. The number of carbonyl (C=O) groups is 1. The zero-order chi connectivity index (χ0) is 14.7. The molecule has 0 bridgehead atoms. The van der Waals surface area contributed by atoms with E-state index in [4.69, 9.17) is 0 Å². The van der Waals surface area contributed by atoms with E-state index < -0.39 is 11.7 Å². The Morgan fingerprint density at radius 1 is 1.40 bits per heavy atom. The summed E-state index contributed by atoms with van der Waals surface area (Å²) >= 11 is 1.69. The number of nitrogens with one attached hydrogen (secondary N) is 1. The third-order valence-electron chi connectivity index (χ3n) is 2.89. The van der Waals surface area contributed by atoms with E-state index in [0.29, 0.717) is 0 Å². The van der Waals surface area contributed by atoms with E-state index in [-0.39, 0.29) is 17.4 Å². The van der Waals surface area contributed by atoms with Gasteiger partial charge in [-0.25, -0.2) is 4.39 Å².